The van der Waals surface area contributed by atoms with Gasteiger partial charge in [0.2, 0.25) is 0 Å². The lowest BCUT2D eigenvalue weighted by Gasteiger charge is -2.39. The Labute approximate surface area is 114 Å². The van der Waals surface area contributed by atoms with Gasteiger partial charge in [0.05, 0.1) is 5.69 Å². The van der Waals surface area contributed by atoms with Crippen LogP contribution in [0.2, 0.25) is 0 Å². The van der Waals surface area contributed by atoms with Crippen LogP contribution >= 0.6 is 0 Å². The highest BCUT2D eigenvalue weighted by molar-refractivity contribution is 5.60. The zero-order chi connectivity index (χ0) is 14.0. The summed E-state index contributed by atoms with van der Waals surface area (Å²) in [5, 5.41) is 9.11. The fraction of sp³-hybridized carbons (Fsp3) is 0.562. The van der Waals surface area contributed by atoms with Crippen LogP contribution in [0.4, 0.5) is 10.1 Å². The first-order valence-corrected chi connectivity index (χ1v) is 6.86. The number of hydrogen-bond donors (Lipinski definition) is 0. The molecule has 0 radical (unpaired) electrons. The van der Waals surface area contributed by atoms with Crippen LogP contribution in [0.1, 0.15) is 45.1 Å². The van der Waals surface area contributed by atoms with Crippen LogP contribution in [0.25, 0.3) is 0 Å². The molecule has 3 heteroatoms. The van der Waals surface area contributed by atoms with Gasteiger partial charge in [-0.25, -0.2) is 4.39 Å². The van der Waals surface area contributed by atoms with E-state index < -0.39 is 5.82 Å². The molecule has 0 atom stereocenters. The number of nitrogens with zero attached hydrogens (tertiary/aromatic N) is 2. The molecule has 0 unspecified atom stereocenters. The maximum Gasteiger partial charge on any atom is 0.143 e. The maximum absolute atomic E-state index is 13.7. The van der Waals surface area contributed by atoms with Gasteiger partial charge in [0.15, 0.2) is 0 Å². The minimum Gasteiger partial charge on any atom is -0.370 e. The predicted molar refractivity (Wildman–Crippen MR) is 75.6 cm³/mol. The molecule has 2 rings (SSSR count). The van der Waals surface area contributed by atoms with Crippen molar-refractivity contribution < 1.29 is 4.39 Å². The molecule has 1 aromatic carbocycles. The first kappa shape index (κ1) is 13.9. The number of benzene rings is 1. The number of rotatable bonds is 2. The lowest BCUT2D eigenvalue weighted by molar-refractivity contribution is 0.222. The van der Waals surface area contributed by atoms with Gasteiger partial charge in [0, 0.05) is 13.1 Å². The summed E-state index contributed by atoms with van der Waals surface area (Å²) >= 11 is 0. The molecule has 1 aliphatic carbocycles. The zero-order valence-electron chi connectivity index (χ0n) is 11.9. The molecule has 0 aromatic heterocycles. The Balaban J connectivity index is 2.19. The molecule has 1 aromatic rings. The molecule has 0 saturated heterocycles. The Morgan fingerprint density at radius 2 is 1.95 bits per heavy atom. The molecule has 1 saturated carbocycles. The second kappa shape index (κ2) is 5.21. The third kappa shape index (κ3) is 2.89. The van der Waals surface area contributed by atoms with E-state index in [1.165, 1.54) is 18.9 Å². The van der Waals surface area contributed by atoms with Gasteiger partial charge in [0.25, 0.3) is 0 Å². The lowest BCUT2D eigenvalue weighted by Crippen LogP contribution is -2.37. The highest BCUT2D eigenvalue weighted by Gasteiger charge is 2.29. The number of hydrogen-bond acceptors (Lipinski definition) is 2. The van der Waals surface area contributed by atoms with Crippen molar-refractivity contribution in [2.75, 3.05) is 11.9 Å². The minimum atomic E-state index is -0.428. The van der Waals surface area contributed by atoms with Gasteiger partial charge < -0.3 is 4.90 Å². The van der Waals surface area contributed by atoms with E-state index in [1.807, 2.05) is 19.2 Å². The van der Waals surface area contributed by atoms with Gasteiger partial charge in [-0.15, -0.1) is 0 Å². The normalized spacial score (nSPS) is 18.9. The van der Waals surface area contributed by atoms with Crippen molar-refractivity contribution in [2.45, 2.75) is 45.6 Å². The standard InChI is InChI=1S/C16H21FN2/c1-16(2)9-7-12(8-10-16)19(3)15-6-4-5-14(17)13(15)11-18/h4-6,12H,7-10H2,1-3H3. The molecule has 0 amide bonds. The smallest absolute Gasteiger partial charge is 0.143 e. The molecule has 0 heterocycles. The summed E-state index contributed by atoms with van der Waals surface area (Å²) in [6.07, 6.45) is 4.56. The van der Waals surface area contributed by atoms with Crippen molar-refractivity contribution in [3.8, 4) is 6.07 Å². The summed E-state index contributed by atoms with van der Waals surface area (Å²) in [5.74, 6) is -0.428. The summed E-state index contributed by atoms with van der Waals surface area (Å²) < 4.78 is 13.7. The van der Waals surface area contributed by atoms with E-state index in [4.69, 9.17) is 5.26 Å². The van der Waals surface area contributed by atoms with Crippen LogP contribution in [0.3, 0.4) is 0 Å². The molecular formula is C16H21FN2. The fourth-order valence-electron chi connectivity index (χ4n) is 2.89. The zero-order valence-corrected chi connectivity index (χ0v) is 11.9. The molecule has 0 bridgehead atoms. The third-order valence-electron chi connectivity index (χ3n) is 4.34. The third-order valence-corrected chi connectivity index (χ3v) is 4.34. The lowest BCUT2D eigenvalue weighted by atomic mass is 9.75. The van der Waals surface area contributed by atoms with E-state index in [9.17, 15) is 4.39 Å². The summed E-state index contributed by atoms with van der Waals surface area (Å²) in [4.78, 5) is 2.08. The molecule has 2 nitrogen and oxygen atoms in total. The molecule has 1 fully saturated rings. The molecule has 19 heavy (non-hydrogen) atoms. The second-order valence-electron chi connectivity index (χ2n) is 6.25. The van der Waals surface area contributed by atoms with E-state index in [1.54, 1.807) is 6.07 Å². The number of halogens is 1. The van der Waals surface area contributed by atoms with E-state index in [-0.39, 0.29) is 5.56 Å². The van der Waals surface area contributed by atoms with Crippen LogP contribution in [-0.2, 0) is 0 Å². The fourth-order valence-corrected chi connectivity index (χ4v) is 2.89. The van der Waals surface area contributed by atoms with E-state index >= 15 is 0 Å². The SMILES string of the molecule is CN(c1cccc(F)c1C#N)C1CCC(C)(C)CC1. The summed E-state index contributed by atoms with van der Waals surface area (Å²) in [6, 6.07) is 7.25. The van der Waals surface area contributed by atoms with Crippen LogP contribution in [-0.4, -0.2) is 13.1 Å². The van der Waals surface area contributed by atoms with Gasteiger partial charge in [-0.3, -0.25) is 0 Å². The summed E-state index contributed by atoms with van der Waals surface area (Å²) in [7, 11) is 1.97. The largest absolute Gasteiger partial charge is 0.370 e. The number of nitriles is 1. The second-order valence-corrected chi connectivity index (χ2v) is 6.25. The average Bonchev–Trinajstić information content (AvgIpc) is 2.37. The quantitative estimate of drug-likeness (QED) is 0.800. The van der Waals surface area contributed by atoms with Crippen LogP contribution in [0.5, 0.6) is 0 Å². The van der Waals surface area contributed by atoms with E-state index in [2.05, 4.69) is 18.7 Å². The van der Waals surface area contributed by atoms with E-state index in [0.29, 0.717) is 17.1 Å². The van der Waals surface area contributed by atoms with Crippen molar-refractivity contribution in [1.29, 1.82) is 5.26 Å². The summed E-state index contributed by atoms with van der Waals surface area (Å²) in [5.41, 5.74) is 1.29. The average molecular weight is 260 g/mol. The van der Waals surface area contributed by atoms with Gasteiger partial charge in [-0.05, 0) is 43.2 Å². The first-order chi connectivity index (χ1) is 8.94. The van der Waals surface area contributed by atoms with Gasteiger partial charge in [-0.2, -0.15) is 5.26 Å². The van der Waals surface area contributed by atoms with Crippen molar-refractivity contribution in [2.24, 2.45) is 5.41 Å². The Morgan fingerprint density at radius 1 is 1.32 bits per heavy atom. The molecule has 102 valence electrons. The van der Waals surface area contributed by atoms with Crippen LogP contribution < -0.4 is 4.90 Å². The van der Waals surface area contributed by atoms with Crippen LogP contribution in [0.15, 0.2) is 18.2 Å². The Bertz CT molecular complexity index is 492. The topological polar surface area (TPSA) is 27.0 Å². The van der Waals surface area contributed by atoms with Crippen molar-refractivity contribution in [1.82, 2.24) is 0 Å². The minimum absolute atomic E-state index is 0.162. The van der Waals surface area contributed by atoms with E-state index in [0.717, 1.165) is 12.8 Å². The van der Waals surface area contributed by atoms with Crippen molar-refractivity contribution in [3.63, 3.8) is 0 Å². The highest BCUT2D eigenvalue weighted by atomic mass is 19.1. The number of anilines is 1. The molecular weight excluding hydrogens is 239 g/mol. The highest BCUT2D eigenvalue weighted by Crippen LogP contribution is 2.38. The van der Waals surface area contributed by atoms with Crippen LogP contribution in [0, 0.1) is 22.6 Å². The van der Waals surface area contributed by atoms with Gasteiger partial charge in [0.1, 0.15) is 17.4 Å². The van der Waals surface area contributed by atoms with Crippen molar-refractivity contribution >= 4 is 5.69 Å². The Kier molecular flexibility index (Phi) is 3.80. The maximum atomic E-state index is 13.7. The monoisotopic (exact) mass is 260 g/mol. The van der Waals surface area contributed by atoms with Gasteiger partial charge in [-0.1, -0.05) is 19.9 Å². The summed E-state index contributed by atoms with van der Waals surface area (Å²) in [6.45, 7) is 4.60. The molecule has 0 spiro atoms. The molecule has 0 N–H and O–H groups in total. The predicted octanol–water partition coefficient (Wildman–Crippen LogP) is 4.10. The first-order valence-electron chi connectivity index (χ1n) is 6.86. The van der Waals surface area contributed by atoms with Gasteiger partial charge >= 0.3 is 0 Å². The van der Waals surface area contributed by atoms with Crippen molar-refractivity contribution in [3.05, 3.63) is 29.6 Å². The Morgan fingerprint density at radius 3 is 2.53 bits per heavy atom. The molecule has 0 aliphatic heterocycles. The Hall–Kier alpha value is -1.56. The molecule has 1 aliphatic rings.